The number of hydrogen-bond acceptors (Lipinski definition) is 5. The Hall–Kier alpha value is -2.63. The van der Waals surface area contributed by atoms with E-state index in [0.717, 1.165) is 18.9 Å². The molecule has 1 aliphatic rings. The average molecular weight is 383 g/mol. The molecular weight excluding hydrogens is 352 g/mol. The van der Waals surface area contributed by atoms with Crippen molar-refractivity contribution in [3.63, 3.8) is 0 Å². The van der Waals surface area contributed by atoms with Gasteiger partial charge in [-0.1, -0.05) is 32.9 Å². The standard InChI is InChI=1S/C22H30N4O2/c1-16-24-19(26-12-5-6-13-26)15-20(25-16)28-14-11-23-21(27)17-7-9-18(10-8-17)22(2,3)4/h7-10,15H,5-6,11-14H2,1-4H3,(H,23,27). The Kier molecular flexibility index (Phi) is 6.17. The van der Waals surface area contributed by atoms with Gasteiger partial charge >= 0.3 is 0 Å². The second-order valence-corrected chi connectivity index (χ2v) is 8.24. The highest BCUT2D eigenvalue weighted by atomic mass is 16.5. The maximum Gasteiger partial charge on any atom is 0.251 e. The summed E-state index contributed by atoms with van der Waals surface area (Å²) in [4.78, 5) is 23.4. The molecule has 0 bridgehead atoms. The smallest absolute Gasteiger partial charge is 0.251 e. The monoisotopic (exact) mass is 382 g/mol. The number of benzene rings is 1. The van der Waals surface area contributed by atoms with Crippen LogP contribution in [0.2, 0.25) is 0 Å². The lowest BCUT2D eigenvalue weighted by Crippen LogP contribution is -2.28. The summed E-state index contributed by atoms with van der Waals surface area (Å²) >= 11 is 0. The Morgan fingerprint density at radius 2 is 1.82 bits per heavy atom. The van der Waals surface area contributed by atoms with Crippen molar-refractivity contribution in [2.24, 2.45) is 0 Å². The van der Waals surface area contributed by atoms with Crippen molar-refractivity contribution < 1.29 is 9.53 Å². The predicted octanol–water partition coefficient (Wildman–Crippen LogP) is 3.49. The van der Waals surface area contributed by atoms with E-state index in [1.165, 1.54) is 18.4 Å². The number of nitrogens with zero attached hydrogens (tertiary/aromatic N) is 3. The number of anilines is 1. The van der Waals surface area contributed by atoms with Crippen LogP contribution in [0.3, 0.4) is 0 Å². The summed E-state index contributed by atoms with van der Waals surface area (Å²) in [6, 6.07) is 9.63. The summed E-state index contributed by atoms with van der Waals surface area (Å²) in [6.45, 7) is 11.2. The number of carbonyl (C=O) groups is 1. The molecule has 1 N–H and O–H groups in total. The third-order valence-corrected chi connectivity index (χ3v) is 4.88. The van der Waals surface area contributed by atoms with Gasteiger partial charge in [0.25, 0.3) is 5.91 Å². The number of rotatable bonds is 6. The molecule has 3 rings (SSSR count). The molecule has 1 amide bonds. The second kappa shape index (κ2) is 8.59. The number of nitrogens with one attached hydrogen (secondary N) is 1. The van der Waals surface area contributed by atoms with E-state index in [0.29, 0.717) is 30.4 Å². The van der Waals surface area contributed by atoms with E-state index in [1.54, 1.807) is 0 Å². The van der Waals surface area contributed by atoms with Gasteiger partial charge in [0.05, 0.1) is 6.54 Å². The minimum absolute atomic E-state index is 0.0758. The summed E-state index contributed by atoms with van der Waals surface area (Å²) in [5, 5.41) is 2.89. The van der Waals surface area contributed by atoms with Crippen molar-refractivity contribution in [3.8, 4) is 5.88 Å². The number of hydrogen-bond donors (Lipinski definition) is 1. The van der Waals surface area contributed by atoms with Crippen LogP contribution >= 0.6 is 0 Å². The van der Waals surface area contributed by atoms with E-state index >= 15 is 0 Å². The van der Waals surface area contributed by atoms with Gasteiger partial charge in [0.15, 0.2) is 0 Å². The molecule has 6 nitrogen and oxygen atoms in total. The van der Waals surface area contributed by atoms with Crippen molar-refractivity contribution in [3.05, 3.63) is 47.3 Å². The highest BCUT2D eigenvalue weighted by molar-refractivity contribution is 5.94. The van der Waals surface area contributed by atoms with Crippen LogP contribution < -0.4 is 15.0 Å². The molecule has 6 heteroatoms. The van der Waals surface area contributed by atoms with Crippen LogP contribution in [0.5, 0.6) is 5.88 Å². The van der Waals surface area contributed by atoms with Gasteiger partial charge in [-0.15, -0.1) is 0 Å². The third-order valence-electron chi connectivity index (χ3n) is 4.88. The maximum absolute atomic E-state index is 12.3. The number of carbonyl (C=O) groups excluding carboxylic acids is 1. The van der Waals surface area contributed by atoms with Crippen molar-refractivity contribution in [2.75, 3.05) is 31.1 Å². The molecule has 0 atom stereocenters. The first-order valence-electron chi connectivity index (χ1n) is 9.95. The topological polar surface area (TPSA) is 67.3 Å². The molecule has 1 aliphatic heterocycles. The highest BCUT2D eigenvalue weighted by Crippen LogP contribution is 2.23. The molecule has 28 heavy (non-hydrogen) atoms. The Labute approximate surface area is 167 Å². The molecule has 0 radical (unpaired) electrons. The molecule has 0 saturated carbocycles. The van der Waals surface area contributed by atoms with Crippen LogP contribution in [-0.4, -0.2) is 42.1 Å². The predicted molar refractivity (Wildman–Crippen MR) is 111 cm³/mol. The summed E-state index contributed by atoms with van der Waals surface area (Å²) in [6.07, 6.45) is 2.39. The fourth-order valence-electron chi connectivity index (χ4n) is 3.25. The zero-order valence-electron chi connectivity index (χ0n) is 17.3. The zero-order chi connectivity index (χ0) is 20.1. The van der Waals surface area contributed by atoms with Gasteiger partial charge in [-0.05, 0) is 42.9 Å². The minimum atomic E-state index is -0.0966. The van der Waals surface area contributed by atoms with Crippen LogP contribution in [-0.2, 0) is 5.41 Å². The Morgan fingerprint density at radius 3 is 2.46 bits per heavy atom. The van der Waals surface area contributed by atoms with Crippen LogP contribution in [0.25, 0.3) is 0 Å². The van der Waals surface area contributed by atoms with E-state index < -0.39 is 0 Å². The molecule has 2 heterocycles. The lowest BCUT2D eigenvalue weighted by atomic mass is 9.87. The summed E-state index contributed by atoms with van der Waals surface area (Å²) in [5.74, 6) is 2.07. The Bertz CT molecular complexity index is 806. The molecule has 0 aliphatic carbocycles. The molecule has 1 aromatic heterocycles. The molecule has 0 spiro atoms. The SMILES string of the molecule is Cc1nc(OCCNC(=O)c2ccc(C(C)(C)C)cc2)cc(N2CCCC2)n1. The largest absolute Gasteiger partial charge is 0.476 e. The van der Waals surface area contributed by atoms with E-state index in [2.05, 4.69) is 41.0 Å². The maximum atomic E-state index is 12.3. The molecular formula is C22H30N4O2. The first-order valence-corrected chi connectivity index (χ1v) is 9.95. The van der Waals surface area contributed by atoms with Gasteiger partial charge < -0.3 is 15.0 Å². The molecule has 0 unspecified atom stereocenters. The Morgan fingerprint density at radius 1 is 1.14 bits per heavy atom. The van der Waals surface area contributed by atoms with Crippen molar-refractivity contribution in [2.45, 2.75) is 46.0 Å². The van der Waals surface area contributed by atoms with Crippen molar-refractivity contribution >= 4 is 11.7 Å². The van der Waals surface area contributed by atoms with Gasteiger partial charge in [0.2, 0.25) is 5.88 Å². The van der Waals surface area contributed by atoms with Gasteiger partial charge in [-0.25, -0.2) is 4.98 Å². The van der Waals surface area contributed by atoms with Crippen molar-refractivity contribution in [1.29, 1.82) is 0 Å². The molecule has 150 valence electrons. The van der Waals surface area contributed by atoms with Crippen molar-refractivity contribution in [1.82, 2.24) is 15.3 Å². The molecule has 2 aromatic rings. The third kappa shape index (κ3) is 5.21. The van der Waals surface area contributed by atoms with E-state index in [1.807, 2.05) is 37.3 Å². The number of aryl methyl sites for hydroxylation is 1. The van der Waals surface area contributed by atoms with Crippen LogP contribution in [0, 0.1) is 6.92 Å². The zero-order valence-corrected chi connectivity index (χ0v) is 17.3. The lowest BCUT2D eigenvalue weighted by molar-refractivity contribution is 0.0946. The van der Waals surface area contributed by atoms with Gasteiger partial charge in [0, 0.05) is 24.7 Å². The van der Waals surface area contributed by atoms with E-state index in [4.69, 9.17) is 4.74 Å². The fraction of sp³-hybridized carbons (Fsp3) is 0.500. The van der Waals surface area contributed by atoms with Gasteiger partial charge in [-0.3, -0.25) is 4.79 Å². The van der Waals surface area contributed by atoms with Gasteiger partial charge in [-0.2, -0.15) is 4.98 Å². The summed E-state index contributed by atoms with van der Waals surface area (Å²) in [5.41, 5.74) is 1.94. The number of amides is 1. The van der Waals surface area contributed by atoms with Crippen LogP contribution in [0.1, 0.15) is 55.4 Å². The first-order chi connectivity index (χ1) is 13.3. The van der Waals surface area contributed by atoms with Crippen LogP contribution in [0.4, 0.5) is 5.82 Å². The highest BCUT2D eigenvalue weighted by Gasteiger charge is 2.16. The first kappa shape index (κ1) is 20.1. The molecule has 1 saturated heterocycles. The normalized spacial score (nSPS) is 14.2. The number of aromatic nitrogens is 2. The van der Waals surface area contributed by atoms with Crippen LogP contribution in [0.15, 0.2) is 30.3 Å². The van der Waals surface area contributed by atoms with E-state index in [-0.39, 0.29) is 11.3 Å². The minimum Gasteiger partial charge on any atom is -0.476 e. The lowest BCUT2D eigenvalue weighted by Gasteiger charge is -2.19. The average Bonchev–Trinajstić information content (AvgIpc) is 3.19. The number of ether oxygens (including phenoxy) is 1. The summed E-state index contributed by atoms with van der Waals surface area (Å²) < 4.78 is 5.74. The second-order valence-electron chi connectivity index (χ2n) is 8.24. The fourth-order valence-corrected chi connectivity index (χ4v) is 3.25. The van der Waals surface area contributed by atoms with Gasteiger partial charge in [0.1, 0.15) is 18.2 Å². The molecule has 1 aromatic carbocycles. The summed E-state index contributed by atoms with van der Waals surface area (Å²) in [7, 11) is 0. The van der Waals surface area contributed by atoms with E-state index in [9.17, 15) is 4.79 Å². The molecule has 1 fully saturated rings. The Balaban J connectivity index is 1.49. The quantitative estimate of drug-likeness (QED) is 0.775.